The van der Waals surface area contributed by atoms with E-state index in [1.807, 2.05) is 0 Å². The summed E-state index contributed by atoms with van der Waals surface area (Å²) in [5.41, 5.74) is 0. The van der Waals surface area contributed by atoms with E-state index in [1.54, 1.807) is 9.80 Å². The summed E-state index contributed by atoms with van der Waals surface area (Å²) in [4.78, 5) is 26.3. The van der Waals surface area contributed by atoms with Gasteiger partial charge >= 0.3 is 12.0 Å². The molecule has 2 aliphatic heterocycles. The largest absolute Gasteiger partial charge is 0.481 e. The SMILES string of the molecule is O=C(O)CCC1CCN(C(=O)N2CCCS(=O)(=O)CC2)C1. The predicted molar refractivity (Wildman–Crippen MR) is 76.8 cm³/mol. The van der Waals surface area contributed by atoms with Crippen molar-refractivity contribution in [2.24, 2.45) is 5.92 Å². The molecule has 0 saturated carbocycles. The van der Waals surface area contributed by atoms with Crippen LogP contribution in [0.2, 0.25) is 0 Å². The standard InChI is InChI=1S/C13H22N2O5S/c16-12(17)3-2-11-4-6-15(10-11)13(18)14-5-1-8-21(19,20)9-7-14/h11H,1-10H2,(H,16,17). The highest BCUT2D eigenvalue weighted by atomic mass is 32.2. The Bertz CT molecular complexity index is 505. The van der Waals surface area contributed by atoms with Crippen LogP contribution in [0, 0.1) is 5.92 Å². The van der Waals surface area contributed by atoms with Gasteiger partial charge in [0, 0.05) is 32.6 Å². The first-order valence-corrected chi connectivity index (χ1v) is 9.15. The zero-order chi connectivity index (χ0) is 15.5. The Morgan fingerprint density at radius 1 is 1.10 bits per heavy atom. The molecule has 0 aromatic heterocycles. The molecule has 1 unspecified atom stereocenters. The fourth-order valence-electron chi connectivity index (χ4n) is 2.90. The predicted octanol–water partition coefficient (Wildman–Crippen LogP) is 0.414. The number of urea groups is 1. The van der Waals surface area contributed by atoms with Crippen LogP contribution in [0.15, 0.2) is 0 Å². The van der Waals surface area contributed by atoms with Crippen LogP contribution < -0.4 is 0 Å². The minimum absolute atomic E-state index is 0.0367. The molecule has 21 heavy (non-hydrogen) atoms. The van der Waals surface area contributed by atoms with Crippen molar-refractivity contribution in [1.82, 2.24) is 9.80 Å². The van der Waals surface area contributed by atoms with Crippen LogP contribution in [0.25, 0.3) is 0 Å². The van der Waals surface area contributed by atoms with E-state index in [9.17, 15) is 18.0 Å². The van der Waals surface area contributed by atoms with Crippen molar-refractivity contribution in [2.45, 2.75) is 25.7 Å². The summed E-state index contributed by atoms with van der Waals surface area (Å²) in [6, 6.07) is -0.107. The molecule has 0 radical (unpaired) electrons. The average Bonchev–Trinajstić information content (AvgIpc) is 2.80. The molecule has 0 bridgehead atoms. The van der Waals surface area contributed by atoms with Gasteiger partial charge in [0.15, 0.2) is 9.84 Å². The minimum atomic E-state index is -3.02. The van der Waals surface area contributed by atoms with Gasteiger partial charge in [-0.05, 0) is 25.2 Å². The number of carbonyl (C=O) groups excluding carboxylic acids is 1. The van der Waals surface area contributed by atoms with Crippen molar-refractivity contribution >= 4 is 21.8 Å². The fourth-order valence-corrected chi connectivity index (χ4v) is 4.17. The van der Waals surface area contributed by atoms with Crippen molar-refractivity contribution in [3.05, 3.63) is 0 Å². The molecule has 2 heterocycles. The quantitative estimate of drug-likeness (QED) is 0.813. The number of carbonyl (C=O) groups is 2. The Labute approximate surface area is 124 Å². The summed E-state index contributed by atoms with van der Waals surface area (Å²) in [7, 11) is -3.02. The van der Waals surface area contributed by atoms with E-state index in [0.717, 1.165) is 6.42 Å². The van der Waals surface area contributed by atoms with E-state index in [-0.39, 0.29) is 36.4 Å². The molecular weight excluding hydrogens is 296 g/mol. The Kier molecular flexibility index (Phi) is 5.08. The number of nitrogens with zero attached hydrogens (tertiary/aromatic N) is 2. The van der Waals surface area contributed by atoms with Gasteiger partial charge in [0.25, 0.3) is 0 Å². The normalized spacial score (nSPS) is 25.6. The lowest BCUT2D eigenvalue weighted by molar-refractivity contribution is -0.137. The van der Waals surface area contributed by atoms with Gasteiger partial charge < -0.3 is 14.9 Å². The number of sulfone groups is 1. The highest BCUT2D eigenvalue weighted by molar-refractivity contribution is 7.91. The van der Waals surface area contributed by atoms with Crippen LogP contribution in [-0.2, 0) is 14.6 Å². The summed E-state index contributed by atoms with van der Waals surface area (Å²) in [5.74, 6) is -0.384. The van der Waals surface area contributed by atoms with E-state index in [4.69, 9.17) is 5.11 Å². The Morgan fingerprint density at radius 3 is 2.57 bits per heavy atom. The Hall–Kier alpha value is -1.31. The van der Waals surface area contributed by atoms with Crippen molar-refractivity contribution < 1.29 is 23.1 Å². The average molecular weight is 318 g/mol. The Morgan fingerprint density at radius 2 is 1.86 bits per heavy atom. The second-order valence-corrected chi connectivity index (χ2v) is 8.11. The monoisotopic (exact) mass is 318 g/mol. The fraction of sp³-hybridized carbons (Fsp3) is 0.846. The number of carboxylic acids is 1. The van der Waals surface area contributed by atoms with Crippen LogP contribution in [0.3, 0.4) is 0 Å². The molecule has 120 valence electrons. The summed E-state index contributed by atoms with van der Waals surface area (Å²) in [6.45, 7) is 1.95. The minimum Gasteiger partial charge on any atom is -0.481 e. The molecule has 0 aliphatic carbocycles. The molecule has 0 aromatic rings. The van der Waals surface area contributed by atoms with Crippen molar-refractivity contribution in [1.29, 1.82) is 0 Å². The molecule has 8 heteroatoms. The molecule has 2 fully saturated rings. The Balaban J connectivity index is 1.85. The summed E-state index contributed by atoms with van der Waals surface area (Å²) < 4.78 is 23.1. The maximum absolute atomic E-state index is 12.4. The molecule has 2 aliphatic rings. The van der Waals surface area contributed by atoms with Gasteiger partial charge in [0.05, 0.1) is 11.5 Å². The molecular formula is C13H22N2O5S. The molecule has 2 saturated heterocycles. The third kappa shape index (κ3) is 4.59. The zero-order valence-electron chi connectivity index (χ0n) is 12.0. The molecule has 1 atom stereocenters. The van der Waals surface area contributed by atoms with Gasteiger partial charge in [0.2, 0.25) is 0 Å². The van der Waals surface area contributed by atoms with Gasteiger partial charge in [-0.1, -0.05) is 0 Å². The maximum atomic E-state index is 12.4. The van der Waals surface area contributed by atoms with E-state index in [1.165, 1.54) is 0 Å². The van der Waals surface area contributed by atoms with E-state index < -0.39 is 15.8 Å². The summed E-state index contributed by atoms with van der Waals surface area (Å²) in [6.07, 6.45) is 2.04. The first-order chi connectivity index (χ1) is 9.87. The number of rotatable bonds is 3. The number of amides is 2. The summed E-state index contributed by atoms with van der Waals surface area (Å²) >= 11 is 0. The van der Waals surface area contributed by atoms with Gasteiger partial charge in [-0.25, -0.2) is 13.2 Å². The van der Waals surface area contributed by atoms with E-state index >= 15 is 0 Å². The van der Waals surface area contributed by atoms with E-state index in [0.29, 0.717) is 32.5 Å². The first kappa shape index (κ1) is 16.1. The molecule has 1 N–H and O–H groups in total. The highest BCUT2D eigenvalue weighted by Gasteiger charge is 2.31. The molecule has 7 nitrogen and oxygen atoms in total. The summed E-state index contributed by atoms with van der Waals surface area (Å²) in [5, 5.41) is 8.69. The third-order valence-electron chi connectivity index (χ3n) is 4.15. The van der Waals surface area contributed by atoms with Crippen LogP contribution in [0.4, 0.5) is 4.79 Å². The lowest BCUT2D eigenvalue weighted by Gasteiger charge is -2.26. The molecule has 2 amide bonds. The third-order valence-corrected chi connectivity index (χ3v) is 5.86. The number of hydrogen-bond donors (Lipinski definition) is 1. The zero-order valence-corrected chi connectivity index (χ0v) is 12.8. The second kappa shape index (κ2) is 6.64. The van der Waals surface area contributed by atoms with Crippen molar-refractivity contribution in [3.63, 3.8) is 0 Å². The number of aliphatic carboxylic acids is 1. The maximum Gasteiger partial charge on any atom is 0.320 e. The smallest absolute Gasteiger partial charge is 0.320 e. The highest BCUT2D eigenvalue weighted by Crippen LogP contribution is 2.22. The molecule has 0 spiro atoms. The topological polar surface area (TPSA) is 95.0 Å². The lowest BCUT2D eigenvalue weighted by atomic mass is 10.0. The van der Waals surface area contributed by atoms with Crippen LogP contribution in [-0.4, -0.2) is 73.0 Å². The van der Waals surface area contributed by atoms with Gasteiger partial charge in [-0.2, -0.15) is 0 Å². The molecule has 2 rings (SSSR count). The van der Waals surface area contributed by atoms with Crippen LogP contribution >= 0.6 is 0 Å². The first-order valence-electron chi connectivity index (χ1n) is 7.33. The number of likely N-dealkylation sites (tertiary alicyclic amines) is 1. The van der Waals surface area contributed by atoms with Crippen molar-refractivity contribution in [3.8, 4) is 0 Å². The second-order valence-electron chi connectivity index (χ2n) is 5.81. The lowest BCUT2D eigenvalue weighted by Crippen LogP contribution is -2.43. The molecule has 0 aromatic carbocycles. The van der Waals surface area contributed by atoms with Gasteiger partial charge in [-0.3, -0.25) is 4.79 Å². The van der Waals surface area contributed by atoms with Gasteiger partial charge in [0.1, 0.15) is 0 Å². The van der Waals surface area contributed by atoms with Gasteiger partial charge in [-0.15, -0.1) is 0 Å². The number of hydrogen-bond acceptors (Lipinski definition) is 4. The van der Waals surface area contributed by atoms with Crippen molar-refractivity contribution in [2.75, 3.05) is 37.7 Å². The van der Waals surface area contributed by atoms with Crippen LogP contribution in [0.1, 0.15) is 25.7 Å². The van der Waals surface area contributed by atoms with Crippen LogP contribution in [0.5, 0.6) is 0 Å². The number of carboxylic acid groups (broad SMARTS) is 1. The van der Waals surface area contributed by atoms with E-state index in [2.05, 4.69) is 0 Å².